The Morgan fingerprint density at radius 2 is 2.80 bits per heavy atom. The fourth-order valence-corrected chi connectivity index (χ4v) is 0.530. The lowest BCUT2D eigenvalue weighted by Crippen LogP contribution is -1.92. The molecule has 0 bridgehead atoms. The third-order valence-corrected chi connectivity index (χ3v) is 0.907. The summed E-state index contributed by atoms with van der Waals surface area (Å²) in [5.74, 6) is 0. The zero-order valence-electron chi connectivity index (χ0n) is 2.60. The van der Waals surface area contributed by atoms with E-state index in [0.29, 0.717) is 8.73 Å². The summed E-state index contributed by atoms with van der Waals surface area (Å²) >= 11 is 0. The first-order chi connectivity index (χ1) is 2.50. The van der Waals surface area contributed by atoms with Gasteiger partial charge in [0.1, 0.15) is 0 Å². The lowest BCUT2D eigenvalue weighted by atomic mass is 11.5. The van der Waals surface area contributed by atoms with Crippen molar-refractivity contribution in [1.29, 1.82) is 0 Å². The maximum Gasteiger partial charge on any atom is 0.0739 e. The summed E-state index contributed by atoms with van der Waals surface area (Å²) in [6, 6.07) is 0. The Kier molecular flexibility index (Phi) is 0.799. The maximum absolute atomic E-state index is 3.62. The van der Waals surface area contributed by atoms with Gasteiger partial charge in [-0.15, -0.1) is 4.88 Å². The van der Waals surface area contributed by atoms with Gasteiger partial charge in [0.05, 0.1) is 6.29 Å². The largest absolute Gasteiger partial charge is 0.286 e. The first-order valence-electron chi connectivity index (χ1n) is 1.35. The van der Waals surface area contributed by atoms with Gasteiger partial charge in [-0.1, -0.05) is 5.22 Å². The van der Waals surface area contributed by atoms with E-state index in [1.807, 2.05) is 0 Å². The molecule has 0 radical (unpaired) electrons. The van der Waals surface area contributed by atoms with Gasteiger partial charge in [-0.3, -0.25) is 5.43 Å². The van der Waals surface area contributed by atoms with Crippen LogP contribution in [0.4, 0.5) is 0 Å². The number of hydrogen-bond donors (Lipinski definition) is 1. The molecule has 0 aliphatic carbocycles. The van der Waals surface area contributed by atoms with Crippen molar-refractivity contribution in [2.75, 3.05) is 6.29 Å². The van der Waals surface area contributed by atoms with Crippen molar-refractivity contribution in [1.82, 2.24) is 5.43 Å². The van der Waals surface area contributed by atoms with Crippen LogP contribution in [0.3, 0.4) is 0 Å². The van der Waals surface area contributed by atoms with Crippen LogP contribution in [0.2, 0.25) is 0 Å². The number of nitrogens with zero attached hydrogens (tertiary/aromatic N) is 2. The van der Waals surface area contributed by atoms with Gasteiger partial charge in [0.25, 0.3) is 0 Å². The highest BCUT2D eigenvalue weighted by atomic mass is 31.1. The molecule has 0 aromatic carbocycles. The zero-order chi connectivity index (χ0) is 3.54. The van der Waals surface area contributed by atoms with Crippen LogP contribution in [0.15, 0.2) is 10.1 Å². The molecule has 28 valence electrons. The van der Waals surface area contributed by atoms with E-state index in [-0.39, 0.29) is 0 Å². The van der Waals surface area contributed by atoms with Gasteiger partial charge >= 0.3 is 0 Å². The lowest BCUT2D eigenvalue weighted by molar-refractivity contribution is 0.850. The van der Waals surface area contributed by atoms with Crippen LogP contribution in [-0.4, -0.2) is 6.29 Å². The predicted octanol–water partition coefficient (Wildman–Crippen LogP) is 0.508. The lowest BCUT2D eigenvalue weighted by Gasteiger charge is -1.71. The summed E-state index contributed by atoms with van der Waals surface area (Å²) in [6.07, 6.45) is 0.944. The number of nitrogens with one attached hydrogen (secondary N) is 1. The molecule has 1 rings (SSSR count). The quantitative estimate of drug-likeness (QED) is 0.431. The molecule has 0 saturated heterocycles. The van der Waals surface area contributed by atoms with Crippen LogP contribution in [0.1, 0.15) is 0 Å². The van der Waals surface area contributed by atoms with Crippen LogP contribution in [0, 0.1) is 0 Å². The minimum absolute atomic E-state index is 0.656. The molecule has 5 heavy (non-hydrogen) atoms. The Hall–Kier alpha value is -0.170. The average Bonchev–Trinajstić information content (AvgIpc) is 1.76. The monoisotopic (exact) mass is 89.0 g/mol. The van der Waals surface area contributed by atoms with E-state index in [1.165, 1.54) is 0 Å². The molecular weight excluding hydrogens is 85.0 g/mol. The van der Waals surface area contributed by atoms with E-state index in [2.05, 4.69) is 15.5 Å². The normalized spacial score (nSPS) is 24.0. The van der Waals surface area contributed by atoms with Crippen LogP contribution in [0.25, 0.3) is 0 Å². The van der Waals surface area contributed by atoms with Crippen molar-refractivity contribution in [3.63, 3.8) is 0 Å². The van der Waals surface area contributed by atoms with Crippen LogP contribution in [-0.2, 0) is 0 Å². The van der Waals surface area contributed by atoms with E-state index in [9.17, 15) is 0 Å². The van der Waals surface area contributed by atoms with Gasteiger partial charge in [0.15, 0.2) is 0 Å². The van der Waals surface area contributed by atoms with E-state index in [4.69, 9.17) is 0 Å². The summed E-state index contributed by atoms with van der Waals surface area (Å²) in [4.78, 5) is 3.62. The molecule has 1 N–H and O–H groups in total. The molecule has 1 aliphatic rings. The second kappa shape index (κ2) is 1.31. The Balaban J connectivity index is 2.32. The zero-order valence-corrected chi connectivity index (χ0v) is 3.60. The van der Waals surface area contributed by atoms with Gasteiger partial charge in [-0.2, -0.15) is 0 Å². The Morgan fingerprint density at radius 1 is 1.80 bits per heavy atom. The SMILES string of the molecule is C1NN=NP1. The van der Waals surface area contributed by atoms with Crippen LogP contribution < -0.4 is 5.43 Å². The number of hydrogen-bond acceptors (Lipinski definition) is 3. The van der Waals surface area contributed by atoms with Crippen molar-refractivity contribution in [3.8, 4) is 0 Å². The second-order valence-electron chi connectivity index (χ2n) is 0.693. The topological polar surface area (TPSA) is 36.8 Å². The van der Waals surface area contributed by atoms with E-state index >= 15 is 0 Å². The summed E-state index contributed by atoms with van der Waals surface area (Å²) in [5.41, 5.74) is 2.69. The van der Waals surface area contributed by atoms with Crippen molar-refractivity contribution < 1.29 is 0 Å². The Bertz CT molecular complexity index is 44.9. The highest BCUT2D eigenvalue weighted by Crippen LogP contribution is 2.12. The standard InChI is InChI=1S/CH4N3P/c1-2-3-4-5-1/h5H,1H2,(H,2,4). The molecule has 0 fully saturated rings. The Labute approximate surface area is 31.7 Å². The first kappa shape index (κ1) is 3.04. The van der Waals surface area contributed by atoms with Crippen molar-refractivity contribution >= 4 is 8.73 Å². The van der Waals surface area contributed by atoms with Crippen molar-refractivity contribution in [2.45, 2.75) is 0 Å². The molecular formula is CH4N3P. The smallest absolute Gasteiger partial charge is 0.0739 e. The molecule has 0 amide bonds. The van der Waals surface area contributed by atoms with Gasteiger partial charge in [-0.05, 0) is 0 Å². The third-order valence-electron chi connectivity index (χ3n) is 0.350. The summed E-state index contributed by atoms with van der Waals surface area (Å²) in [7, 11) is 0.656. The van der Waals surface area contributed by atoms with Gasteiger partial charge in [-0.25, -0.2) is 0 Å². The fourth-order valence-electron chi connectivity index (χ4n) is 0.177. The molecule has 1 aliphatic heterocycles. The highest BCUT2D eigenvalue weighted by molar-refractivity contribution is 7.36. The third kappa shape index (κ3) is 0.550. The van der Waals surface area contributed by atoms with E-state index in [0.717, 1.165) is 6.29 Å². The average molecular weight is 89.0 g/mol. The van der Waals surface area contributed by atoms with Gasteiger partial charge < -0.3 is 0 Å². The molecule has 1 atom stereocenters. The Morgan fingerprint density at radius 3 is 3.00 bits per heavy atom. The predicted molar refractivity (Wildman–Crippen MR) is 21.2 cm³/mol. The second-order valence-corrected chi connectivity index (χ2v) is 1.56. The van der Waals surface area contributed by atoms with Crippen molar-refractivity contribution in [3.05, 3.63) is 0 Å². The van der Waals surface area contributed by atoms with Crippen LogP contribution in [0.5, 0.6) is 0 Å². The molecule has 4 heteroatoms. The molecule has 1 unspecified atom stereocenters. The van der Waals surface area contributed by atoms with Crippen molar-refractivity contribution in [2.24, 2.45) is 10.1 Å². The molecule has 0 aromatic rings. The van der Waals surface area contributed by atoms with Gasteiger partial charge in [0, 0.05) is 8.73 Å². The first-order valence-corrected chi connectivity index (χ1v) is 2.51. The molecule has 0 aromatic heterocycles. The molecule has 0 spiro atoms. The van der Waals surface area contributed by atoms with E-state index < -0.39 is 0 Å². The van der Waals surface area contributed by atoms with E-state index in [1.54, 1.807) is 0 Å². The minimum Gasteiger partial charge on any atom is -0.286 e. The highest BCUT2D eigenvalue weighted by Gasteiger charge is 1.84. The maximum atomic E-state index is 3.62. The molecule has 1 heterocycles. The molecule has 3 nitrogen and oxygen atoms in total. The summed E-state index contributed by atoms with van der Waals surface area (Å²) < 4.78 is 0. The number of rotatable bonds is 0. The van der Waals surface area contributed by atoms with Crippen LogP contribution >= 0.6 is 8.73 Å². The fraction of sp³-hybridized carbons (Fsp3) is 1.00. The summed E-state index contributed by atoms with van der Waals surface area (Å²) in [6.45, 7) is 0. The summed E-state index contributed by atoms with van der Waals surface area (Å²) in [5, 5.41) is 3.47. The molecule has 0 saturated carbocycles. The van der Waals surface area contributed by atoms with Gasteiger partial charge in [0.2, 0.25) is 0 Å². The minimum atomic E-state index is 0.656.